The van der Waals surface area contributed by atoms with Crippen LogP contribution in [0.25, 0.3) is 0 Å². The maximum Gasteiger partial charge on any atom is 0.0102 e. The summed E-state index contributed by atoms with van der Waals surface area (Å²) in [4.78, 5) is 2.53. The van der Waals surface area contributed by atoms with Crippen LogP contribution in [0.15, 0.2) is 0 Å². The van der Waals surface area contributed by atoms with Crippen molar-refractivity contribution in [3.63, 3.8) is 0 Å². The summed E-state index contributed by atoms with van der Waals surface area (Å²) in [6.45, 7) is 12.8. The first-order chi connectivity index (χ1) is 7.45. The molecule has 1 fully saturated rings. The standard InChI is InChI=1S/C14H30N2/c1-6-15-12(2)14(3,4)11-16(5)10-13-8-7-9-13/h12-13,15H,6-11H2,1-5H3. The number of nitrogens with zero attached hydrogens (tertiary/aromatic N) is 1. The molecule has 1 atom stereocenters. The van der Waals surface area contributed by atoms with Crippen molar-refractivity contribution in [1.29, 1.82) is 0 Å². The Labute approximate surface area is 102 Å². The third kappa shape index (κ3) is 4.06. The molecule has 0 spiro atoms. The van der Waals surface area contributed by atoms with Gasteiger partial charge in [-0.2, -0.15) is 0 Å². The fourth-order valence-electron chi connectivity index (χ4n) is 2.60. The van der Waals surface area contributed by atoms with E-state index in [2.05, 4.69) is 45.0 Å². The molecule has 1 N–H and O–H groups in total. The molecule has 16 heavy (non-hydrogen) atoms. The zero-order chi connectivity index (χ0) is 12.2. The average Bonchev–Trinajstić information content (AvgIpc) is 2.11. The molecule has 0 aromatic heterocycles. The summed E-state index contributed by atoms with van der Waals surface area (Å²) >= 11 is 0. The van der Waals surface area contributed by atoms with Crippen LogP contribution in [0, 0.1) is 11.3 Å². The summed E-state index contributed by atoms with van der Waals surface area (Å²) in [6, 6.07) is 0.585. The molecule has 1 aliphatic rings. The lowest BCUT2D eigenvalue weighted by molar-refractivity contribution is 0.130. The van der Waals surface area contributed by atoms with Crippen molar-refractivity contribution in [2.45, 2.75) is 53.0 Å². The van der Waals surface area contributed by atoms with Gasteiger partial charge >= 0.3 is 0 Å². The quantitative estimate of drug-likeness (QED) is 0.718. The van der Waals surface area contributed by atoms with Crippen LogP contribution in [-0.4, -0.2) is 37.6 Å². The first-order valence-electron chi connectivity index (χ1n) is 6.87. The molecule has 0 bridgehead atoms. The van der Waals surface area contributed by atoms with Crippen LogP contribution in [0.4, 0.5) is 0 Å². The smallest absolute Gasteiger partial charge is 0.0102 e. The molecular formula is C14H30N2. The number of nitrogens with one attached hydrogen (secondary N) is 1. The zero-order valence-corrected chi connectivity index (χ0v) is 11.8. The average molecular weight is 226 g/mol. The van der Waals surface area contributed by atoms with E-state index in [0.29, 0.717) is 11.5 Å². The summed E-state index contributed by atoms with van der Waals surface area (Å²) in [5.41, 5.74) is 0.356. The van der Waals surface area contributed by atoms with Crippen molar-refractivity contribution in [2.24, 2.45) is 11.3 Å². The highest BCUT2D eigenvalue weighted by Gasteiger charge is 2.28. The highest BCUT2D eigenvalue weighted by atomic mass is 15.1. The monoisotopic (exact) mass is 226 g/mol. The maximum atomic E-state index is 3.55. The molecular weight excluding hydrogens is 196 g/mol. The molecule has 2 nitrogen and oxygen atoms in total. The predicted molar refractivity (Wildman–Crippen MR) is 71.8 cm³/mol. The lowest BCUT2D eigenvalue weighted by atomic mass is 9.82. The van der Waals surface area contributed by atoms with Gasteiger partial charge in [0.05, 0.1) is 0 Å². The van der Waals surface area contributed by atoms with Crippen molar-refractivity contribution >= 4 is 0 Å². The molecule has 0 aromatic carbocycles. The lowest BCUT2D eigenvalue weighted by Gasteiger charge is -2.38. The normalized spacial score (nSPS) is 19.9. The van der Waals surface area contributed by atoms with Gasteiger partial charge in [0.1, 0.15) is 0 Å². The molecule has 0 aliphatic heterocycles. The van der Waals surface area contributed by atoms with E-state index in [0.717, 1.165) is 12.5 Å². The van der Waals surface area contributed by atoms with Crippen molar-refractivity contribution in [1.82, 2.24) is 10.2 Å². The molecule has 1 rings (SSSR count). The Morgan fingerprint density at radius 3 is 2.44 bits per heavy atom. The van der Waals surface area contributed by atoms with E-state index in [1.54, 1.807) is 0 Å². The van der Waals surface area contributed by atoms with Gasteiger partial charge in [-0.1, -0.05) is 27.2 Å². The van der Waals surface area contributed by atoms with Crippen molar-refractivity contribution in [3.05, 3.63) is 0 Å². The molecule has 1 unspecified atom stereocenters. The van der Waals surface area contributed by atoms with Crippen LogP contribution in [0.3, 0.4) is 0 Å². The second-order valence-corrected chi connectivity index (χ2v) is 6.26. The highest BCUT2D eigenvalue weighted by Crippen LogP contribution is 2.28. The van der Waals surface area contributed by atoms with Gasteiger partial charge in [-0.05, 0) is 44.7 Å². The molecule has 0 radical (unpaired) electrons. The highest BCUT2D eigenvalue weighted by molar-refractivity contribution is 4.84. The molecule has 1 saturated carbocycles. The summed E-state index contributed by atoms with van der Waals surface area (Å²) in [5.74, 6) is 0.982. The second-order valence-electron chi connectivity index (χ2n) is 6.26. The third-order valence-electron chi connectivity index (χ3n) is 4.15. The molecule has 0 saturated heterocycles. The van der Waals surface area contributed by atoms with Crippen LogP contribution in [-0.2, 0) is 0 Å². The summed E-state index contributed by atoms with van der Waals surface area (Å²) in [5, 5.41) is 3.55. The van der Waals surface area contributed by atoms with Crippen LogP contribution in [0.5, 0.6) is 0 Å². The van der Waals surface area contributed by atoms with Crippen molar-refractivity contribution < 1.29 is 0 Å². The van der Waals surface area contributed by atoms with E-state index in [-0.39, 0.29) is 0 Å². The van der Waals surface area contributed by atoms with Crippen LogP contribution in [0.1, 0.15) is 47.0 Å². The minimum absolute atomic E-state index is 0.356. The van der Waals surface area contributed by atoms with Gasteiger partial charge in [0, 0.05) is 19.1 Å². The first-order valence-corrected chi connectivity index (χ1v) is 6.87. The van der Waals surface area contributed by atoms with Crippen LogP contribution < -0.4 is 5.32 Å². The van der Waals surface area contributed by atoms with Crippen molar-refractivity contribution in [3.8, 4) is 0 Å². The first kappa shape index (κ1) is 14.0. The van der Waals surface area contributed by atoms with E-state index >= 15 is 0 Å². The van der Waals surface area contributed by atoms with Crippen LogP contribution >= 0.6 is 0 Å². The van der Waals surface area contributed by atoms with Gasteiger partial charge in [-0.3, -0.25) is 0 Å². The SMILES string of the molecule is CCNC(C)C(C)(C)CN(C)CC1CCC1. The molecule has 0 aromatic rings. The van der Waals surface area contributed by atoms with Gasteiger partial charge in [0.25, 0.3) is 0 Å². The number of hydrogen-bond acceptors (Lipinski definition) is 2. The molecule has 96 valence electrons. The minimum Gasteiger partial charge on any atom is -0.314 e. The minimum atomic E-state index is 0.356. The molecule has 1 aliphatic carbocycles. The van der Waals surface area contributed by atoms with Gasteiger partial charge in [-0.25, -0.2) is 0 Å². The molecule has 2 heteroatoms. The maximum absolute atomic E-state index is 3.55. The third-order valence-corrected chi connectivity index (χ3v) is 4.15. The van der Waals surface area contributed by atoms with Crippen LogP contribution in [0.2, 0.25) is 0 Å². The summed E-state index contributed by atoms with van der Waals surface area (Å²) < 4.78 is 0. The zero-order valence-electron chi connectivity index (χ0n) is 11.8. The fraction of sp³-hybridized carbons (Fsp3) is 1.00. The van der Waals surface area contributed by atoms with Gasteiger partial charge in [0.15, 0.2) is 0 Å². The van der Waals surface area contributed by atoms with E-state index < -0.39 is 0 Å². The predicted octanol–water partition coefficient (Wildman–Crippen LogP) is 2.74. The lowest BCUT2D eigenvalue weighted by Crippen LogP contribution is -2.47. The van der Waals surface area contributed by atoms with E-state index in [9.17, 15) is 0 Å². The van der Waals surface area contributed by atoms with Gasteiger partial charge in [-0.15, -0.1) is 0 Å². The molecule has 0 amide bonds. The Bertz CT molecular complexity index is 197. The topological polar surface area (TPSA) is 15.3 Å². The van der Waals surface area contributed by atoms with E-state index in [1.807, 2.05) is 0 Å². The van der Waals surface area contributed by atoms with Crippen molar-refractivity contribution in [2.75, 3.05) is 26.7 Å². The fourth-order valence-corrected chi connectivity index (χ4v) is 2.60. The van der Waals surface area contributed by atoms with Gasteiger partial charge < -0.3 is 10.2 Å². The Kier molecular flexibility index (Phi) is 5.26. The largest absolute Gasteiger partial charge is 0.314 e. The Hall–Kier alpha value is -0.0800. The second kappa shape index (κ2) is 6.02. The molecule has 0 heterocycles. The number of hydrogen-bond donors (Lipinski definition) is 1. The Morgan fingerprint density at radius 1 is 1.38 bits per heavy atom. The Morgan fingerprint density at radius 2 is 2.00 bits per heavy atom. The summed E-state index contributed by atoms with van der Waals surface area (Å²) in [6.07, 6.45) is 4.36. The van der Waals surface area contributed by atoms with Gasteiger partial charge in [0.2, 0.25) is 0 Å². The number of rotatable bonds is 7. The summed E-state index contributed by atoms with van der Waals surface area (Å²) in [7, 11) is 2.28. The van der Waals surface area contributed by atoms with E-state index in [4.69, 9.17) is 0 Å². The van der Waals surface area contributed by atoms with E-state index in [1.165, 1.54) is 32.4 Å². The Balaban J connectivity index is 2.31.